The van der Waals surface area contributed by atoms with Gasteiger partial charge in [0.25, 0.3) is 0 Å². The minimum absolute atomic E-state index is 0.709. The van der Waals surface area contributed by atoms with Crippen LogP contribution in [0.25, 0.3) is 0 Å². The van der Waals surface area contributed by atoms with Crippen LogP contribution in [0.1, 0.15) is 30.4 Å². The molecule has 86 valence electrons. The van der Waals surface area contributed by atoms with Crippen LogP contribution in [0.5, 0.6) is 0 Å². The number of hydrogen-bond acceptors (Lipinski definition) is 2. The number of anilines is 1. The van der Waals surface area contributed by atoms with Crippen molar-refractivity contribution >= 4 is 5.69 Å². The Labute approximate surface area is 97.4 Å². The molecule has 0 bridgehead atoms. The summed E-state index contributed by atoms with van der Waals surface area (Å²) in [6, 6.07) is 7.64. The molecule has 0 spiro atoms. The van der Waals surface area contributed by atoms with Gasteiger partial charge in [0.2, 0.25) is 0 Å². The predicted molar refractivity (Wildman–Crippen MR) is 68.0 cm³/mol. The highest BCUT2D eigenvalue weighted by atomic mass is 14.9. The average Bonchev–Trinajstić information content (AvgIpc) is 2.77. The smallest absolute Gasteiger partial charge is 0.0373 e. The first-order valence-corrected chi connectivity index (χ1v) is 6.51. The molecule has 1 aromatic carbocycles. The summed E-state index contributed by atoms with van der Waals surface area (Å²) in [6.07, 6.45) is 6.48. The van der Waals surface area contributed by atoms with Crippen LogP contribution in [0.3, 0.4) is 0 Å². The minimum Gasteiger partial charge on any atom is -0.384 e. The van der Waals surface area contributed by atoms with Crippen molar-refractivity contribution in [2.24, 2.45) is 0 Å². The zero-order valence-corrected chi connectivity index (χ0v) is 9.76. The van der Waals surface area contributed by atoms with Gasteiger partial charge in [-0.1, -0.05) is 18.6 Å². The molecule has 3 rings (SSSR count). The average molecular weight is 216 g/mol. The number of nitrogens with one attached hydrogen (secondary N) is 2. The molecule has 1 saturated heterocycles. The van der Waals surface area contributed by atoms with Crippen LogP contribution < -0.4 is 10.6 Å². The molecule has 0 aromatic heterocycles. The molecule has 2 heterocycles. The highest BCUT2D eigenvalue weighted by Gasteiger charge is 2.15. The largest absolute Gasteiger partial charge is 0.384 e. The van der Waals surface area contributed by atoms with Gasteiger partial charge >= 0.3 is 0 Å². The van der Waals surface area contributed by atoms with E-state index in [4.69, 9.17) is 0 Å². The normalized spacial score (nSPS) is 23.9. The van der Waals surface area contributed by atoms with Gasteiger partial charge in [-0.3, -0.25) is 0 Å². The van der Waals surface area contributed by atoms with Crippen molar-refractivity contribution in [1.29, 1.82) is 0 Å². The molecule has 0 aliphatic carbocycles. The van der Waals surface area contributed by atoms with E-state index in [1.165, 1.54) is 55.5 Å². The van der Waals surface area contributed by atoms with Crippen LogP contribution in [-0.2, 0) is 12.8 Å². The molecular weight excluding hydrogens is 196 g/mol. The fraction of sp³-hybridized carbons (Fsp3) is 0.571. The van der Waals surface area contributed by atoms with Crippen molar-refractivity contribution in [1.82, 2.24) is 5.32 Å². The van der Waals surface area contributed by atoms with E-state index in [-0.39, 0.29) is 0 Å². The standard InChI is InChI=1S/C14H20N2/c1-2-7-15-13(3-1)10-11-4-5-14-12(9-11)6-8-16-14/h4-5,9,13,15-16H,1-3,6-8,10H2. The molecule has 1 aromatic rings. The fourth-order valence-corrected chi connectivity index (χ4v) is 2.87. The van der Waals surface area contributed by atoms with E-state index in [2.05, 4.69) is 28.8 Å². The van der Waals surface area contributed by atoms with Crippen LogP contribution in [0, 0.1) is 0 Å². The van der Waals surface area contributed by atoms with Crippen LogP contribution in [0.4, 0.5) is 5.69 Å². The molecule has 1 fully saturated rings. The number of fused-ring (bicyclic) bond motifs is 1. The van der Waals surface area contributed by atoms with Crippen molar-refractivity contribution < 1.29 is 0 Å². The summed E-state index contributed by atoms with van der Waals surface area (Å²) in [5.74, 6) is 0. The van der Waals surface area contributed by atoms with Gasteiger partial charge in [-0.25, -0.2) is 0 Å². The molecule has 1 unspecified atom stereocenters. The Morgan fingerprint density at radius 3 is 3.06 bits per heavy atom. The lowest BCUT2D eigenvalue weighted by Crippen LogP contribution is -2.35. The van der Waals surface area contributed by atoms with E-state index in [9.17, 15) is 0 Å². The lowest BCUT2D eigenvalue weighted by atomic mass is 9.96. The lowest BCUT2D eigenvalue weighted by molar-refractivity contribution is 0.399. The third-order valence-corrected chi connectivity index (χ3v) is 3.77. The molecule has 2 N–H and O–H groups in total. The van der Waals surface area contributed by atoms with E-state index in [1.54, 1.807) is 0 Å². The molecule has 2 nitrogen and oxygen atoms in total. The van der Waals surface area contributed by atoms with Crippen LogP contribution in [0.2, 0.25) is 0 Å². The highest BCUT2D eigenvalue weighted by molar-refractivity contribution is 5.56. The molecule has 0 saturated carbocycles. The van der Waals surface area contributed by atoms with Crippen molar-refractivity contribution in [3.8, 4) is 0 Å². The number of rotatable bonds is 2. The summed E-state index contributed by atoms with van der Waals surface area (Å²) >= 11 is 0. The number of hydrogen-bond donors (Lipinski definition) is 2. The Hall–Kier alpha value is -1.02. The van der Waals surface area contributed by atoms with Crippen molar-refractivity contribution in [3.05, 3.63) is 29.3 Å². The third-order valence-electron chi connectivity index (χ3n) is 3.77. The molecule has 2 aliphatic heterocycles. The Morgan fingerprint density at radius 1 is 1.19 bits per heavy atom. The maximum absolute atomic E-state index is 3.62. The fourth-order valence-electron chi connectivity index (χ4n) is 2.87. The molecule has 0 radical (unpaired) electrons. The topological polar surface area (TPSA) is 24.1 Å². The van der Waals surface area contributed by atoms with Crippen LogP contribution >= 0.6 is 0 Å². The molecular formula is C14H20N2. The monoisotopic (exact) mass is 216 g/mol. The first-order valence-electron chi connectivity index (χ1n) is 6.51. The zero-order chi connectivity index (χ0) is 10.8. The summed E-state index contributed by atoms with van der Waals surface area (Å²) in [5.41, 5.74) is 4.36. The summed E-state index contributed by atoms with van der Waals surface area (Å²) in [6.45, 7) is 2.32. The van der Waals surface area contributed by atoms with E-state index in [0.717, 1.165) is 6.54 Å². The van der Waals surface area contributed by atoms with Crippen LogP contribution in [0.15, 0.2) is 18.2 Å². The Kier molecular flexibility index (Phi) is 2.83. The highest BCUT2D eigenvalue weighted by Crippen LogP contribution is 2.24. The second-order valence-electron chi connectivity index (χ2n) is 5.02. The molecule has 16 heavy (non-hydrogen) atoms. The van der Waals surface area contributed by atoms with E-state index >= 15 is 0 Å². The summed E-state index contributed by atoms with van der Waals surface area (Å²) in [5, 5.41) is 7.03. The van der Waals surface area contributed by atoms with Gasteiger partial charge in [0, 0.05) is 18.3 Å². The van der Waals surface area contributed by atoms with Gasteiger partial charge in [-0.15, -0.1) is 0 Å². The Bertz CT molecular complexity index is 367. The second-order valence-corrected chi connectivity index (χ2v) is 5.02. The number of piperidine rings is 1. The Balaban J connectivity index is 1.69. The van der Waals surface area contributed by atoms with E-state index in [1.807, 2.05) is 0 Å². The minimum atomic E-state index is 0.709. The zero-order valence-electron chi connectivity index (χ0n) is 9.76. The molecule has 2 aliphatic rings. The SMILES string of the molecule is c1cc2c(cc1CC1CCCCN1)CCN2. The first-order chi connectivity index (χ1) is 7.92. The van der Waals surface area contributed by atoms with Crippen LogP contribution in [-0.4, -0.2) is 19.1 Å². The Morgan fingerprint density at radius 2 is 2.19 bits per heavy atom. The maximum Gasteiger partial charge on any atom is 0.0373 e. The molecule has 1 atom stereocenters. The van der Waals surface area contributed by atoms with Crippen molar-refractivity contribution in [3.63, 3.8) is 0 Å². The second kappa shape index (κ2) is 4.46. The summed E-state index contributed by atoms with van der Waals surface area (Å²) in [4.78, 5) is 0. The van der Waals surface area contributed by atoms with Gasteiger partial charge in [-0.05, 0) is 49.4 Å². The lowest BCUT2D eigenvalue weighted by Gasteiger charge is -2.23. The van der Waals surface area contributed by atoms with Crippen molar-refractivity contribution in [2.75, 3.05) is 18.4 Å². The van der Waals surface area contributed by atoms with Gasteiger partial charge < -0.3 is 10.6 Å². The van der Waals surface area contributed by atoms with E-state index in [0.29, 0.717) is 6.04 Å². The van der Waals surface area contributed by atoms with Crippen molar-refractivity contribution in [2.45, 2.75) is 38.1 Å². The first kappa shape index (κ1) is 10.2. The number of benzene rings is 1. The van der Waals surface area contributed by atoms with Gasteiger partial charge in [0.15, 0.2) is 0 Å². The molecule has 0 amide bonds. The van der Waals surface area contributed by atoms with Gasteiger partial charge in [0.1, 0.15) is 0 Å². The molecule has 2 heteroatoms. The summed E-state index contributed by atoms with van der Waals surface area (Å²) in [7, 11) is 0. The maximum atomic E-state index is 3.62. The third kappa shape index (κ3) is 2.07. The van der Waals surface area contributed by atoms with Gasteiger partial charge in [0.05, 0.1) is 0 Å². The van der Waals surface area contributed by atoms with E-state index < -0.39 is 0 Å². The summed E-state index contributed by atoms with van der Waals surface area (Å²) < 4.78 is 0. The predicted octanol–water partition coefficient (Wildman–Crippen LogP) is 2.34. The quantitative estimate of drug-likeness (QED) is 0.793. The van der Waals surface area contributed by atoms with Gasteiger partial charge in [-0.2, -0.15) is 0 Å².